The van der Waals surface area contributed by atoms with Gasteiger partial charge in [-0.2, -0.15) is 0 Å². The zero-order chi connectivity index (χ0) is 22.2. The first-order valence-electron chi connectivity index (χ1n) is 11.4. The molecule has 3 aromatic rings. The molecule has 0 amide bonds. The zero-order valence-corrected chi connectivity index (χ0v) is 19.0. The number of nitrogens with one attached hydrogen (secondary N) is 2. The molecule has 5 nitrogen and oxygen atoms in total. The van der Waals surface area contributed by atoms with Gasteiger partial charge < -0.3 is 20.1 Å². The Balaban J connectivity index is 1.29. The van der Waals surface area contributed by atoms with Crippen LogP contribution in [0.4, 0.5) is 0 Å². The van der Waals surface area contributed by atoms with E-state index in [9.17, 15) is 0 Å². The number of ether oxygens (including phenoxy) is 2. The molecule has 0 bridgehead atoms. The van der Waals surface area contributed by atoms with E-state index in [2.05, 4.69) is 89.3 Å². The molecule has 0 aliphatic carbocycles. The molecule has 1 aliphatic heterocycles. The largest absolute Gasteiger partial charge is 0.381 e. The van der Waals surface area contributed by atoms with Crippen LogP contribution in [0.3, 0.4) is 0 Å². The maximum Gasteiger partial charge on any atom is 0.191 e. The summed E-state index contributed by atoms with van der Waals surface area (Å²) in [5.74, 6) is 0.789. The standard InChI is InChI=1S/C27H33N3O2/c1-20(25-9-5-7-23-6-3-4-8-26(23)25)30-27(28-2)29-18-21-10-12-22(13-11-21)19-32-24-14-16-31-17-15-24/h3-13,20,24H,14-19H2,1-2H3,(H2,28,29,30). The Labute approximate surface area is 190 Å². The van der Waals surface area contributed by atoms with Crippen LogP contribution >= 0.6 is 0 Å². The molecule has 4 rings (SSSR count). The number of fused-ring (bicyclic) bond motifs is 1. The lowest BCUT2D eigenvalue weighted by molar-refractivity contribution is -0.0390. The predicted octanol–water partition coefficient (Wildman–Crippen LogP) is 4.96. The van der Waals surface area contributed by atoms with Crippen LogP contribution < -0.4 is 10.6 Å². The summed E-state index contributed by atoms with van der Waals surface area (Å²) in [7, 11) is 1.81. The highest BCUT2D eigenvalue weighted by molar-refractivity contribution is 5.87. The molecule has 0 aromatic heterocycles. The lowest BCUT2D eigenvalue weighted by atomic mass is 10.00. The van der Waals surface area contributed by atoms with E-state index in [1.807, 2.05) is 7.05 Å². The van der Waals surface area contributed by atoms with Crippen LogP contribution in [0.2, 0.25) is 0 Å². The first-order chi connectivity index (χ1) is 15.7. The van der Waals surface area contributed by atoms with Gasteiger partial charge in [0.15, 0.2) is 5.96 Å². The van der Waals surface area contributed by atoms with Crippen molar-refractivity contribution < 1.29 is 9.47 Å². The Morgan fingerprint density at radius 3 is 2.50 bits per heavy atom. The molecule has 1 heterocycles. The van der Waals surface area contributed by atoms with E-state index in [0.29, 0.717) is 19.3 Å². The number of hydrogen-bond donors (Lipinski definition) is 2. The third-order valence-corrected chi connectivity index (χ3v) is 6.00. The molecule has 3 aromatic carbocycles. The third kappa shape index (κ3) is 5.87. The monoisotopic (exact) mass is 431 g/mol. The summed E-state index contributed by atoms with van der Waals surface area (Å²) in [5.41, 5.74) is 3.67. The highest BCUT2D eigenvalue weighted by Gasteiger charge is 2.14. The number of aliphatic imine (C=N–C) groups is 1. The summed E-state index contributed by atoms with van der Waals surface area (Å²) in [6, 6.07) is 23.6. The average Bonchev–Trinajstić information content (AvgIpc) is 2.86. The van der Waals surface area contributed by atoms with Gasteiger partial charge in [0, 0.05) is 26.8 Å². The van der Waals surface area contributed by atoms with Crippen molar-refractivity contribution >= 4 is 16.7 Å². The van der Waals surface area contributed by atoms with Crippen molar-refractivity contribution in [3.8, 4) is 0 Å². The van der Waals surface area contributed by atoms with E-state index in [0.717, 1.165) is 32.0 Å². The number of rotatable bonds is 7. The lowest BCUT2D eigenvalue weighted by Gasteiger charge is -2.22. The van der Waals surface area contributed by atoms with Gasteiger partial charge in [-0.25, -0.2) is 0 Å². The first kappa shape index (κ1) is 22.3. The first-order valence-corrected chi connectivity index (χ1v) is 11.4. The van der Waals surface area contributed by atoms with E-state index in [1.165, 1.54) is 27.5 Å². The van der Waals surface area contributed by atoms with E-state index in [1.54, 1.807) is 0 Å². The molecule has 1 aliphatic rings. The molecule has 1 unspecified atom stereocenters. The molecule has 1 atom stereocenters. The van der Waals surface area contributed by atoms with Gasteiger partial charge in [0.05, 0.1) is 18.8 Å². The Hall–Kier alpha value is -2.89. The van der Waals surface area contributed by atoms with E-state index >= 15 is 0 Å². The summed E-state index contributed by atoms with van der Waals surface area (Å²) in [6.45, 7) is 5.16. The van der Waals surface area contributed by atoms with Gasteiger partial charge >= 0.3 is 0 Å². The van der Waals surface area contributed by atoms with Gasteiger partial charge in [-0.1, -0.05) is 66.7 Å². The summed E-state index contributed by atoms with van der Waals surface area (Å²) >= 11 is 0. The maximum atomic E-state index is 6.02. The molecule has 1 fully saturated rings. The van der Waals surface area contributed by atoms with Gasteiger partial charge in [0.2, 0.25) is 0 Å². The third-order valence-electron chi connectivity index (χ3n) is 6.00. The smallest absolute Gasteiger partial charge is 0.191 e. The lowest BCUT2D eigenvalue weighted by Crippen LogP contribution is -2.38. The van der Waals surface area contributed by atoms with Gasteiger partial charge in [-0.3, -0.25) is 4.99 Å². The van der Waals surface area contributed by atoms with Crippen molar-refractivity contribution in [2.24, 2.45) is 4.99 Å². The molecule has 0 radical (unpaired) electrons. The molecule has 32 heavy (non-hydrogen) atoms. The fourth-order valence-electron chi connectivity index (χ4n) is 4.10. The van der Waals surface area contributed by atoms with Crippen molar-refractivity contribution in [1.29, 1.82) is 0 Å². The second-order valence-electron chi connectivity index (χ2n) is 8.30. The zero-order valence-electron chi connectivity index (χ0n) is 19.0. The molecular formula is C27H33N3O2. The summed E-state index contributed by atoms with van der Waals surface area (Å²) < 4.78 is 11.4. The van der Waals surface area contributed by atoms with Gasteiger partial charge in [-0.15, -0.1) is 0 Å². The number of benzene rings is 3. The van der Waals surface area contributed by atoms with Crippen LogP contribution in [0, 0.1) is 0 Å². The van der Waals surface area contributed by atoms with Crippen LogP contribution in [0.1, 0.15) is 42.5 Å². The molecule has 5 heteroatoms. The topological polar surface area (TPSA) is 54.9 Å². The van der Waals surface area contributed by atoms with Crippen LogP contribution in [-0.2, 0) is 22.6 Å². The van der Waals surface area contributed by atoms with Crippen LogP contribution in [0.25, 0.3) is 10.8 Å². The van der Waals surface area contributed by atoms with Crippen molar-refractivity contribution in [2.45, 2.75) is 45.1 Å². The molecule has 1 saturated heterocycles. The minimum absolute atomic E-state index is 0.136. The maximum absolute atomic E-state index is 6.02. The molecule has 0 saturated carbocycles. The Bertz CT molecular complexity index is 1020. The number of nitrogens with zero attached hydrogens (tertiary/aromatic N) is 1. The van der Waals surface area contributed by atoms with Gasteiger partial charge in [0.1, 0.15) is 0 Å². The van der Waals surface area contributed by atoms with Crippen LogP contribution in [0.5, 0.6) is 0 Å². The molecule has 0 spiro atoms. The fraction of sp³-hybridized carbons (Fsp3) is 0.370. The molecule has 2 N–H and O–H groups in total. The van der Waals surface area contributed by atoms with Crippen molar-refractivity contribution in [2.75, 3.05) is 20.3 Å². The Morgan fingerprint density at radius 2 is 1.72 bits per heavy atom. The molecule has 168 valence electrons. The minimum atomic E-state index is 0.136. The summed E-state index contributed by atoms with van der Waals surface area (Å²) in [5, 5.41) is 9.47. The Morgan fingerprint density at radius 1 is 1.00 bits per heavy atom. The summed E-state index contributed by atoms with van der Waals surface area (Å²) in [6.07, 6.45) is 2.31. The Kier molecular flexibility index (Phi) is 7.75. The van der Waals surface area contributed by atoms with E-state index in [-0.39, 0.29) is 6.04 Å². The second-order valence-corrected chi connectivity index (χ2v) is 8.30. The second kappa shape index (κ2) is 11.1. The predicted molar refractivity (Wildman–Crippen MR) is 131 cm³/mol. The van der Waals surface area contributed by atoms with E-state index < -0.39 is 0 Å². The van der Waals surface area contributed by atoms with Crippen LogP contribution in [0.15, 0.2) is 71.7 Å². The van der Waals surface area contributed by atoms with E-state index in [4.69, 9.17) is 9.47 Å². The van der Waals surface area contributed by atoms with Gasteiger partial charge in [-0.05, 0) is 47.2 Å². The molecular weight excluding hydrogens is 398 g/mol. The fourth-order valence-corrected chi connectivity index (χ4v) is 4.10. The van der Waals surface area contributed by atoms with Crippen LogP contribution in [-0.4, -0.2) is 32.3 Å². The number of hydrogen-bond acceptors (Lipinski definition) is 3. The highest BCUT2D eigenvalue weighted by atomic mass is 16.5. The van der Waals surface area contributed by atoms with Crippen molar-refractivity contribution in [3.63, 3.8) is 0 Å². The SMILES string of the molecule is CN=C(NCc1ccc(COC2CCOCC2)cc1)NC(C)c1cccc2ccccc12. The summed E-state index contributed by atoms with van der Waals surface area (Å²) in [4.78, 5) is 4.41. The highest BCUT2D eigenvalue weighted by Crippen LogP contribution is 2.24. The average molecular weight is 432 g/mol. The van der Waals surface area contributed by atoms with Crippen molar-refractivity contribution in [1.82, 2.24) is 10.6 Å². The van der Waals surface area contributed by atoms with Gasteiger partial charge in [0.25, 0.3) is 0 Å². The number of guanidine groups is 1. The normalized spacial score (nSPS) is 16.1. The minimum Gasteiger partial charge on any atom is -0.381 e. The quantitative estimate of drug-likeness (QED) is 0.410. The van der Waals surface area contributed by atoms with Crippen molar-refractivity contribution in [3.05, 3.63) is 83.4 Å².